The molecule has 0 N–H and O–H groups in total. The van der Waals surface area contributed by atoms with Crippen LogP contribution >= 0.6 is 0 Å². The summed E-state index contributed by atoms with van der Waals surface area (Å²) in [6, 6.07) is 0. The zero-order chi connectivity index (χ0) is 7.40. The van der Waals surface area contributed by atoms with Crippen molar-refractivity contribution in [2.75, 3.05) is 7.05 Å². The molecule has 0 heterocycles. The summed E-state index contributed by atoms with van der Waals surface area (Å²) >= 11 is 0. The van der Waals surface area contributed by atoms with Crippen molar-refractivity contribution in [2.45, 2.75) is 12.8 Å². The molecule has 0 atom stereocenters. The van der Waals surface area contributed by atoms with Crippen LogP contribution in [-0.4, -0.2) is 13.3 Å². The van der Waals surface area contributed by atoms with Crippen LogP contribution in [0, 0.1) is 5.92 Å². The van der Waals surface area contributed by atoms with Gasteiger partial charge < -0.3 is 0 Å². The van der Waals surface area contributed by atoms with E-state index in [1.165, 1.54) is 18.4 Å². The van der Waals surface area contributed by atoms with Gasteiger partial charge in [0.2, 0.25) is 0 Å². The van der Waals surface area contributed by atoms with Gasteiger partial charge in [0.25, 0.3) is 0 Å². The molecule has 0 radical (unpaired) electrons. The van der Waals surface area contributed by atoms with Gasteiger partial charge >= 0.3 is 0 Å². The molecule has 0 aromatic heterocycles. The van der Waals surface area contributed by atoms with Crippen molar-refractivity contribution in [2.24, 2.45) is 10.9 Å². The molecule has 54 valence electrons. The average Bonchev–Trinajstić information content (AvgIpc) is 2.69. The van der Waals surface area contributed by atoms with Crippen molar-refractivity contribution in [3.63, 3.8) is 0 Å². The van der Waals surface area contributed by atoms with Gasteiger partial charge in [-0.1, -0.05) is 18.7 Å². The highest BCUT2D eigenvalue weighted by molar-refractivity contribution is 5.80. The Hall–Kier alpha value is -0.850. The molecule has 0 aliphatic heterocycles. The lowest BCUT2D eigenvalue weighted by Crippen LogP contribution is -1.85. The molecule has 0 bridgehead atoms. The summed E-state index contributed by atoms with van der Waals surface area (Å²) in [5.41, 5.74) is 1.33. The summed E-state index contributed by atoms with van der Waals surface area (Å²) < 4.78 is 0. The second-order valence-corrected chi connectivity index (χ2v) is 2.56. The van der Waals surface area contributed by atoms with Gasteiger partial charge in [0.15, 0.2) is 0 Å². The van der Waals surface area contributed by atoms with Gasteiger partial charge in [-0.25, -0.2) is 0 Å². The maximum Gasteiger partial charge on any atom is 0.0277 e. The summed E-state index contributed by atoms with van der Waals surface area (Å²) in [5, 5.41) is 0. The minimum Gasteiger partial charge on any atom is -0.296 e. The molecule has 1 nitrogen and oxygen atoms in total. The van der Waals surface area contributed by atoms with Crippen LogP contribution in [0.25, 0.3) is 0 Å². The maximum atomic E-state index is 3.97. The van der Waals surface area contributed by atoms with Gasteiger partial charge in [0, 0.05) is 13.3 Å². The number of nitrogens with zero attached hydrogens (tertiary/aromatic N) is 1. The number of hydrogen-bond donors (Lipinski definition) is 0. The lowest BCUT2D eigenvalue weighted by Gasteiger charge is -1.92. The second-order valence-electron chi connectivity index (χ2n) is 2.56. The predicted molar refractivity (Wildman–Crippen MR) is 45.4 cm³/mol. The fraction of sp³-hybridized carbons (Fsp3) is 0.444. The van der Waals surface area contributed by atoms with E-state index in [9.17, 15) is 0 Å². The summed E-state index contributed by atoms with van der Waals surface area (Å²) in [6.45, 7) is 3.65. The Morgan fingerprint density at radius 2 is 2.30 bits per heavy atom. The summed E-state index contributed by atoms with van der Waals surface area (Å²) in [7, 11) is 1.80. The van der Waals surface area contributed by atoms with Crippen LogP contribution in [0.3, 0.4) is 0 Å². The SMILES string of the molecule is C=C/C=C(\C=NC)C1CC1. The first-order chi connectivity index (χ1) is 4.88. The van der Waals surface area contributed by atoms with Gasteiger partial charge in [-0.3, -0.25) is 4.99 Å². The molecule has 0 amide bonds. The molecular weight excluding hydrogens is 122 g/mol. The van der Waals surface area contributed by atoms with Crippen LogP contribution in [0.1, 0.15) is 12.8 Å². The third kappa shape index (κ3) is 1.83. The minimum absolute atomic E-state index is 0.779. The minimum atomic E-state index is 0.779. The van der Waals surface area contributed by atoms with Crippen LogP contribution in [0.15, 0.2) is 29.3 Å². The standard InChI is InChI=1S/C9H13N/c1-3-4-9(7-10-2)8-5-6-8/h3-4,7-8H,1,5-6H2,2H3/b9-4+,10-7?. The van der Waals surface area contributed by atoms with Crippen molar-refractivity contribution in [3.05, 3.63) is 24.3 Å². The van der Waals surface area contributed by atoms with E-state index >= 15 is 0 Å². The molecule has 1 aliphatic carbocycles. The Kier molecular flexibility index (Phi) is 2.43. The number of aliphatic imine (C=N–C) groups is 1. The van der Waals surface area contributed by atoms with E-state index in [1.54, 1.807) is 7.05 Å². The molecule has 0 saturated heterocycles. The van der Waals surface area contributed by atoms with E-state index in [-0.39, 0.29) is 0 Å². The Morgan fingerprint density at radius 1 is 1.60 bits per heavy atom. The molecule has 0 spiro atoms. The van der Waals surface area contributed by atoms with E-state index < -0.39 is 0 Å². The van der Waals surface area contributed by atoms with Crippen LogP contribution in [0.4, 0.5) is 0 Å². The van der Waals surface area contributed by atoms with Gasteiger partial charge in [-0.2, -0.15) is 0 Å². The zero-order valence-electron chi connectivity index (χ0n) is 6.38. The average molecular weight is 135 g/mol. The number of rotatable bonds is 3. The Bertz CT molecular complexity index is 173. The summed E-state index contributed by atoms with van der Waals surface area (Å²) in [5.74, 6) is 0.779. The van der Waals surface area contributed by atoms with Crippen molar-refractivity contribution in [1.29, 1.82) is 0 Å². The third-order valence-corrected chi connectivity index (χ3v) is 1.64. The first-order valence-corrected chi connectivity index (χ1v) is 3.63. The molecule has 10 heavy (non-hydrogen) atoms. The quantitative estimate of drug-likeness (QED) is 0.415. The fourth-order valence-electron chi connectivity index (χ4n) is 0.986. The van der Waals surface area contributed by atoms with Crippen molar-refractivity contribution in [3.8, 4) is 0 Å². The topological polar surface area (TPSA) is 12.4 Å². The van der Waals surface area contributed by atoms with Crippen molar-refractivity contribution < 1.29 is 0 Å². The Balaban J connectivity index is 2.57. The first kappa shape index (κ1) is 7.26. The van der Waals surface area contributed by atoms with E-state index in [2.05, 4.69) is 11.6 Å². The van der Waals surface area contributed by atoms with Gasteiger partial charge in [-0.05, 0) is 24.3 Å². The van der Waals surface area contributed by atoms with Crippen LogP contribution in [0.5, 0.6) is 0 Å². The van der Waals surface area contributed by atoms with Crippen molar-refractivity contribution in [1.82, 2.24) is 0 Å². The summed E-state index contributed by atoms with van der Waals surface area (Å²) in [6.07, 6.45) is 8.46. The largest absolute Gasteiger partial charge is 0.296 e. The molecule has 1 fully saturated rings. The summed E-state index contributed by atoms with van der Waals surface area (Å²) in [4.78, 5) is 3.97. The molecule has 0 unspecified atom stereocenters. The molecule has 1 heteroatoms. The van der Waals surface area contributed by atoms with E-state index in [1.807, 2.05) is 18.4 Å². The molecule has 1 aliphatic rings. The highest BCUT2D eigenvalue weighted by Crippen LogP contribution is 2.35. The smallest absolute Gasteiger partial charge is 0.0277 e. The van der Waals surface area contributed by atoms with Gasteiger partial charge in [0.1, 0.15) is 0 Å². The number of hydrogen-bond acceptors (Lipinski definition) is 1. The van der Waals surface area contributed by atoms with E-state index in [0.29, 0.717) is 0 Å². The van der Waals surface area contributed by atoms with Gasteiger partial charge in [-0.15, -0.1) is 0 Å². The third-order valence-electron chi connectivity index (χ3n) is 1.64. The lowest BCUT2D eigenvalue weighted by molar-refractivity contribution is 1.08. The molecule has 1 saturated carbocycles. The van der Waals surface area contributed by atoms with Gasteiger partial charge in [0.05, 0.1) is 0 Å². The Morgan fingerprint density at radius 3 is 2.70 bits per heavy atom. The molecule has 0 aromatic rings. The normalized spacial score (nSPS) is 19.9. The van der Waals surface area contributed by atoms with Crippen LogP contribution < -0.4 is 0 Å². The number of allylic oxidation sites excluding steroid dienone is 3. The maximum absolute atomic E-state index is 3.97. The predicted octanol–water partition coefficient (Wildman–Crippen LogP) is 2.21. The highest BCUT2D eigenvalue weighted by atomic mass is 14.6. The fourth-order valence-corrected chi connectivity index (χ4v) is 0.986. The molecular formula is C9H13N. The lowest BCUT2D eigenvalue weighted by atomic mass is 10.2. The molecule has 1 rings (SSSR count). The second kappa shape index (κ2) is 3.35. The molecule has 0 aromatic carbocycles. The monoisotopic (exact) mass is 135 g/mol. The van der Waals surface area contributed by atoms with Crippen LogP contribution in [0.2, 0.25) is 0 Å². The highest BCUT2D eigenvalue weighted by Gasteiger charge is 2.23. The van der Waals surface area contributed by atoms with Crippen molar-refractivity contribution >= 4 is 6.21 Å². The van der Waals surface area contributed by atoms with E-state index in [4.69, 9.17) is 0 Å². The Labute approximate surface area is 62.2 Å². The first-order valence-electron chi connectivity index (χ1n) is 3.63. The van der Waals surface area contributed by atoms with Crippen LogP contribution in [-0.2, 0) is 0 Å². The van der Waals surface area contributed by atoms with E-state index in [0.717, 1.165) is 5.92 Å². The zero-order valence-corrected chi connectivity index (χ0v) is 6.38.